The van der Waals surface area contributed by atoms with Gasteiger partial charge in [0.15, 0.2) is 0 Å². The number of nitrogens with one attached hydrogen (secondary N) is 1. The summed E-state index contributed by atoms with van der Waals surface area (Å²) in [7, 11) is 0. The fraction of sp³-hybridized carbons (Fsp3) is 0.500. The van der Waals surface area contributed by atoms with Crippen molar-refractivity contribution in [2.24, 2.45) is 0 Å². The molecule has 1 saturated carbocycles. The first kappa shape index (κ1) is 14.6. The second-order valence-corrected chi connectivity index (χ2v) is 5.12. The van der Waals surface area contributed by atoms with E-state index in [1.807, 2.05) is 6.92 Å². The molecule has 0 radical (unpaired) electrons. The Morgan fingerprint density at radius 1 is 1.60 bits per heavy atom. The molecule has 2 rings (SSSR count). The molecule has 1 aliphatic rings. The van der Waals surface area contributed by atoms with Crippen molar-refractivity contribution in [3.05, 3.63) is 22.8 Å². The van der Waals surface area contributed by atoms with E-state index in [0.717, 1.165) is 12.8 Å². The lowest BCUT2D eigenvalue weighted by atomic mass is 10.2. The van der Waals surface area contributed by atoms with Crippen LogP contribution in [0.25, 0.3) is 0 Å². The number of nitriles is 1. The molecule has 0 aromatic carbocycles. The fourth-order valence-electron chi connectivity index (χ4n) is 2.06. The van der Waals surface area contributed by atoms with Gasteiger partial charge < -0.3 is 10.2 Å². The molecule has 0 unspecified atom stereocenters. The second kappa shape index (κ2) is 6.58. The molecule has 5 nitrogen and oxygen atoms in total. The summed E-state index contributed by atoms with van der Waals surface area (Å²) in [6.45, 7) is 3.13. The first-order chi connectivity index (χ1) is 9.65. The molecule has 1 N–H and O–H groups in total. The van der Waals surface area contributed by atoms with Crippen LogP contribution in [0.2, 0.25) is 5.15 Å². The number of nitrogens with zero attached hydrogens (tertiary/aromatic N) is 3. The Morgan fingerprint density at radius 3 is 2.95 bits per heavy atom. The van der Waals surface area contributed by atoms with Crippen molar-refractivity contribution in [3.63, 3.8) is 0 Å². The van der Waals surface area contributed by atoms with Crippen molar-refractivity contribution >= 4 is 23.3 Å². The lowest BCUT2D eigenvalue weighted by Crippen LogP contribution is -2.34. The summed E-state index contributed by atoms with van der Waals surface area (Å²) in [4.78, 5) is 18.4. The van der Waals surface area contributed by atoms with E-state index < -0.39 is 0 Å². The number of carbonyl (C=O) groups excluding carboxylic acids is 1. The number of rotatable bonds is 6. The number of halogens is 1. The zero-order valence-electron chi connectivity index (χ0n) is 11.4. The highest BCUT2D eigenvalue weighted by atomic mass is 35.5. The number of amides is 1. The molecule has 0 aliphatic heterocycles. The van der Waals surface area contributed by atoms with Crippen molar-refractivity contribution in [1.82, 2.24) is 9.88 Å². The first-order valence-electron chi connectivity index (χ1n) is 6.75. The van der Waals surface area contributed by atoms with Gasteiger partial charge in [0, 0.05) is 24.7 Å². The van der Waals surface area contributed by atoms with Gasteiger partial charge in [-0.25, -0.2) is 4.98 Å². The van der Waals surface area contributed by atoms with Crippen molar-refractivity contribution in [1.29, 1.82) is 5.26 Å². The van der Waals surface area contributed by atoms with Crippen LogP contribution >= 0.6 is 11.6 Å². The van der Waals surface area contributed by atoms with Crippen LogP contribution in [-0.2, 0) is 0 Å². The van der Waals surface area contributed by atoms with E-state index in [-0.39, 0.29) is 11.9 Å². The minimum Gasteiger partial charge on any atom is -0.370 e. The summed E-state index contributed by atoms with van der Waals surface area (Å²) >= 11 is 5.96. The molecule has 0 atom stereocenters. The maximum absolute atomic E-state index is 12.5. The van der Waals surface area contributed by atoms with Gasteiger partial charge in [-0.1, -0.05) is 11.6 Å². The standard InChI is InChI=1S/C14H17ClN4O/c1-2-17-13-9-10(8-12(15)18-13)14(20)19(7-3-6-16)11-4-5-11/h8-9,11H,2-5,7H2,1H3,(H,17,18). The third kappa shape index (κ3) is 3.61. The quantitative estimate of drug-likeness (QED) is 0.819. The maximum atomic E-state index is 12.5. The van der Waals surface area contributed by atoms with E-state index in [2.05, 4.69) is 16.4 Å². The molecule has 0 bridgehead atoms. The number of anilines is 1. The Balaban J connectivity index is 2.19. The molecule has 0 saturated heterocycles. The van der Waals surface area contributed by atoms with Crippen molar-refractivity contribution < 1.29 is 4.79 Å². The normalized spacial score (nSPS) is 13.7. The Kier molecular flexibility index (Phi) is 4.80. The minimum atomic E-state index is -0.0776. The molecule has 0 spiro atoms. The maximum Gasteiger partial charge on any atom is 0.254 e. The molecule has 1 aromatic heterocycles. The number of hydrogen-bond donors (Lipinski definition) is 1. The Morgan fingerprint density at radius 2 is 2.35 bits per heavy atom. The average Bonchev–Trinajstić information content (AvgIpc) is 3.23. The van der Waals surface area contributed by atoms with E-state index in [1.165, 1.54) is 0 Å². The van der Waals surface area contributed by atoms with Gasteiger partial charge in [0.1, 0.15) is 11.0 Å². The van der Waals surface area contributed by atoms with E-state index in [0.29, 0.717) is 36.0 Å². The first-order valence-corrected chi connectivity index (χ1v) is 7.13. The zero-order chi connectivity index (χ0) is 14.5. The minimum absolute atomic E-state index is 0.0776. The molecule has 106 valence electrons. The molecule has 1 heterocycles. The van der Waals surface area contributed by atoms with Gasteiger partial charge in [-0.05, 0) is 31.9 Å². The van der Waals surface area contributed by atoms with Crippen LogP contribution in [0.5, 0.6) is 0 Å². The molecule has 1 amide bonds. The lowest BCUT2D eigenvalue weighted by molar-refractivity contribution is 0.0747. The summed E-state index contributed by atoms with van der Waals surface area (Å²) in [6, 6.07) is 5.64. The van der Waals surface area contributed by atoms with Gasteiger partial charge in [-0.15, -0.1) is 0 Å². The summed E-state index contributed by atoms with van der Waals surface area (Å²) in [5.74, 6) is 0.519. The third-order valence-electron chi connectivity index (χ3n) is 3.11. The number of hydrogen-bond acceptors (Lipinski definition) is 4. The van der Waals surface area contributed by atoms with Crippen molar-refractivity contribution in [2.75, 3.05) is 18.4 Å². The largest absolute Gasteiger partial charge is 0.370 e. The van der Waals surface area contributed by atoms with Gasteiger partial charge in [0.2, 0.25) is 0 Å². The number of carbonyl (C=O) groups is 1. The third-order valence-corrected chi connectivity index (χ3v) is 3.31. The highest BCUT2D eigenvalue weighted by Gasteiger charge is 2.32. The van der Waals surface area contributed by atoms with E-state index >= 15 is 0 Å². The molecule has 1 fully saturated rings. The fourth-order valence-corrected chi connectivity index (χ4v) is 2.27. The summed E-state index contributed by atoms with van der Waals surface area (Å²) < 4.78 is 0. The van der Waals surface area contributed by atoms with Crippen LogP contribution in [0.15, 0.2) is 12.1 Å². The van der Waals surface area contributed by atoms with Crippen molar-refractivity contribution in [3.8, 4) is 6.07 Å². The summed E-state index contributed by atoms with van der Waals surface area (Å²) in [5.41, 5.74) is 0.519. The van der Waals surface area contributed by atoms with E-state index in [4.69, 9.17) is 16.9 Å². The molecular formula is C14H17ClN4O. The van der Waals surface area contributed by atoms with Gasteiger partial charge in [-0.2, -0.15) is 5.26 Å². The predicted molar refractivity (Wildman–Crippen MR) is 77.7 cm³/mol. The van der Waals surface area contributed by atoms with Crippen LogP contribution in [-0.4, -0.2) is 34.9 Å². The lowest BCUT2D eigenvalue weighted by Gasteiger charge is -2.21. The number of aromatic nitrogens is 1. The predicted octanol–water partition coefficient (Wildman–Crippen LogP) is 2.69. The Hall–Kier alpha value is -1.80. The summed E-state index contributed by atoms with van der Waals surface area (Å²) in [5, 5.41) is 12.0. The zero-order valence-corrected chi connectivity index (χ0v) is 12.2. The van der Waals surface area contributed by atoms with Crippen LogP contribution in [0, 0.1) is 11.3 Å². The highest BCUT2D eigenvalue weighted by Crippen LogP contribution is 2.29. The second-order valence-electron chi connectivity index (χ2n) is 4.73. The molecule has 1 aliphatic carbocycles. The Bertz CT molecular complexity index is 536. The van der Waals surface area contributed by atoms with Crippen LogP contribution < -0.4 is 5.32 Å². The number of pyridine rings is 1. The van der Waals surface area contributed by atoms with Gasteiger partial charge in [-0.3, -0.25) is 4.79 Å². The molecular weight excluding hydrogens is 276 g/mol. The van der Waals surface area contributed by atoms with Gasteiger partial charge in [0.05, 0.1) is 12.5 Å². The van der Waals surface area contributed by atoms with Crippen LogP contribution in [0.3, 0.4) is 0 Å². The van der Waals surface area contributed by atoms with E-state index in [9.17, 15) is 4.79 Å². The SMILES string of the molecule is CCNc1cc(C(=O)N(CCC#N)C2CC2)cc(Cl)n1. The van der Waals surface area contributed by atoms with Crippen LogP contribution in [0.4, 0.5) is 5.82 Å². The molecule has 1 aromatic rings. The smallest absolute Gasteiger partial charge is 0.254 e. The average molecular weight is 293 g/mol. The van der Waals surface area contributed by atoms with Gasteiger partial charge >= 0.3 is 0 Å². The molecule has 20 heavy (non-hydrogen) atoms. The van der Waals surface area contributed by atoms with Gasteiger partial charge in [0.25, 0.3) is 5.91 Å². The van der Waals surface area contributed by atoms with Crippen molar-refractivity contribution in [2.45, 2.75) is 32.2 Å². The van der Waals surface area contributed by atoms with Crippen LogP contribution in [0.1, 0.15) is 36.5 Å². The molecule has 6 heteroatoms. The monoisotopic (exact) mass is 292 g/mol. The Labute approximate surface area is 123 Å². The topological polar surface area (TPSA) is 69.0 Å². The summed E-state index contributed by atoms with van der Waals surface area (Å²) in [6.07, 6.45) is 2.37. The van der Waals surface area contributed by atoms with E-state index in [1.54, 1.807) is 17.0 Å². The highest BCUT2D eigenvalue weighted by molar-refractivity contribution is 6.29.